The second-order valence-corrected chi connectivity index (χ2v) is 2.15. The predicted octanol–water partition coefficient (Wildman–Crippen LogP) is 1.67. The quantitative estimate of drug-likeness (QED) is 0.585. The summed E-state index contributed by atoms with van der Waals surface area (Å²) in [5, 5.41) is 0. The van der Waals surface area contributed by atoms with Gasteiger partial charge in [-0.25, -0.2) is 4.98 Å². The zero-order chi connectivity index (χ0) is 6.69. The number of hydrogen-bond acceptors (Lipinski definition) is 1. The lowest BCUT2D eigenvalue weighted by Gasteiger charge is -2.07. The van der Waals surface area contributed by atoms with Gasteiger partial charge in [-0.15, -0.1) is 0 Å². The Morgan fingerprint density at radius 2 is 2.56 bits per heavy atom. The van der Waals surface area contributed by atoms with Gasteiger partial charge in [0.1, 0.15) is 0 Å². The molecular formula is C7H11N2. The molecule has 2 heteroatoms. The molecule has 0 aromatic carbocycles. The summed E-state index contributed by atoms with van der Waals surface area (Å²) < 4.78 is 2.05. The van der Waals surface area contributed by atoms with Crippen LogP contribution in [0.1, 0.15) is 19.4 Å². The van der Waals surface area contributed by atoms with E-state index in [2.05, 4.69) is 18.8 Å². The van der Waals surface area contributed by atoms with Crippen LogP contribution in [-0.2, 0) is 0 Å². The van der Waals surface area contributed by atoms with Crippen molar-refractivity contribution >= 4 is 0 Å². The lowest BCUT2D eigenvalue weighted by atomic mass is 10.3. The third-order valence-electron chi connectivity index (χ3n) is 1.45. The fourth-order valence-corrected chi connectivity index (χ4v) is 0.679. The van der Waals surface area contributed by atoms with Gasteiger partial charge >= 0.3 is 0 Å². The summed E-state index contributed by atoms with van der Waals surface area (Å²) >= 11 is 0. The maximum atomic E-state index is 3.93. The van der Waals surface area contributed by atoms with Crippen LogP contribution in [0.3, 0.4) is 0 Å². The molecule has 9 heavy (non-hydrogen) atoms. The summed E-state index contributed by atoms with van der Waals surface area (Å²) in [5.74, 6) is 0. The molecule has 1 aromatic heterocycles. The molecule has 0 N–H and O–H groups in total. The molecule has 0 amide bonds. The second-order valence-electron chi connectivity index (χ2n) is 2.15. The average molecular weight is 123 g/mol. The molecule has 1 unspecified atom stereocenters. The first-order valence-corrected chi connectivity index (χ1v) is 3.11. The molecule has 0 saturated carbocycles. The van der Waals surface area contributed by atoms with E-state index in [1.165, 1.54) is 0 Å². The van der Waals surface area contributed by atoms with E-state index in [-0.39, 0.29) is 0 Å². The summed E-state index contributed by atoms with van der Waals surface area (Å²) in [6.07, 6.45) is 6.47. The molecule has 0 bridgehead atoms. The van der Waals surface area contributed by atoms with E-state index in [9.17, 15) is 0 Å². The Kier molecular flexibility index (Phi) is 1.88. The Hall–Kier alpha value is -0.790. The van der Waals surface area contributed by atoms with Crippen LogP contribution in [0.25, 0.3) is 0 Å². The monoisotopic (exact) mass is 123 g/mol. The van der Waals surface area contributed by atoms with Crippen molar-refractivity contribution in [2.45, 2.75) is 19.4 Å². The van der Waals surface area contributed by atoms with Crippen LogP contribution in [0.15, 0.2) is 18.7 Å². The average Bonchev–Trinajstić information content (AvgIpc) is 2.37. The van der Waals surface area contributed by atoms with Crippen LogP contribution >= 0.6 is 0 Å². The van der Waals surface area contributed by atoms with E-state index in [0.29, 0.717) is 6.04 Å². The van der Waals surface area contributed by atoms with Crippen LogP contribution < -0.4 is 0 Å². The highest BCUT2D eigenvalue weighted by Crippen LogP contribution is 2.06. The smallest absolute Gasteiger partial charge is 0.0948 e. The number of nitrogens with zero attached hydrogens (tertiary/aromatic N) is 2. The largest absolute Gasteiger partial charge is 0.335 e. The number of rotatable bonds is 2. The van der Waals surface area contributed by atoms with E-state index in [1.54, 1.807) is 6.20 Å². The van der Waals surface area contributed by atoms with E-state index < -0.39 is 0 Å². The Bertz CT molecular complexity index is 155. The summed E-state index contributed by atoms with van der Waals surface area (Å²) in [4.78, 5) is 3.93. The van der Waals surface area contributed by atoms with Gasteiger partial charge in [0.15, 0.2) is 0 Å². The lowest BCUT2D eigenvalue weighted by Crippen LogP contribution is -1.99. The zero-order valence-electron chi connectivity index (χ0n) is 5.62. The molecule has 0 aliphatic rings. The van der Waals surface area contributed by atoms with Crippen LogP contribution in [0, 0.1) is 6.92 Å². The molecule has 49 valence electrons. The Morgan fingerprint density at radius 1 is 1.78 bits per heavy atom. The molecule has 0 aliphatic carbocycles. The predicted molar refractivity (Wildman–Crippen MR) is 36.9 cm³/mol. The SMILES string of the molecule is [CH2]CC(C)n1ccnc1. The molecule has 1 atom stereocenters. The third-order valence-corrected chi connectivity index (χ3v) is 1.45. The Labute approximate surface area is 55.5 Å². The second kappa shape index (κ2) is 2.67. The summed E-state index contributed by atoms with van der Waals surface area (Å²) in [7, 11) is 0. The van der Waals surface area contributed by atoms with E-state index in [4.69, 9.17) is 0 Å². The third kappa shape index (κ3) is 1.31. The Morgan fingerprint density at radius 3 is 3.00 bits per heavy atom. The van der Waals surface area contributed by atoms with Crippen LogP contribution in [-0.4, -0.2) is 9.55 Å². The molecular weight excluding hydrogens is 112 g/mol. The van der Waals surface area contributed by atoms with Crippen molar-refractivity contribution in [1.82, 2.24) is 9.55 Å². The van der Waals surface area contributed by atoms with Crippen molar-refractivity contribution in [1.29, 1.82) is 0 Å². The zero-order valence-corrected chi connectivity index (χ0v) is 5.62. The van der Waals surface area contributed by atoms with Gasteiger partial charge in [0.2, 0.25) is 0 Å². The molecule has 1 radical (unpaired) electrons. The summed E-state index contributed by atoms with van der Waals surface area (Å²) in [6, 6.07) is 0.479. The van der Waals surface area contributed by atoms with Crippen molar-refractivity contribution in [3.63, 3.8) is 0 Å². The van der Waals surface area contributed by atoms with Gasteiger partial charge in [-0.05, 0) is 13.3 Å². The maximum absolute atomic E-state index is 3.93. The van der Waals surface area contributed by atoms with Gasteiger partial charge in [0, 0.05) is 18.4 Å². The first-order chi connectivity index (χ1) is 4.34. The van der Waals surface area contributed by atoms with Crippen molar-refractivity contribution in [3.05, 3.63) is 25.6 Å². The number of hydrogen-bond donors (Lipinski definition) is 0. The van der Waals surface area contributed by atoms with Gasteiger partial charge < -0.3 is 4.57 Å². The van der Waals surface area contributed by atoms with E-state index in [0.717, 1.165) is 6.42 Å². The molecule has 1 heterocycles. The standard InChI is InChI=1S/C7H11N2/c1-3-7(2)9-5-4-8-6-9/h4-7H,1,3H2,2H3. The van der Waals surface area contributed by atoms with Crippen LogP contribution in [0.5, 0.6) is 0 Å². The van der Waals surface area contributed by atoms with Crippen molar-refractivity contribution < 1.29 is 0 Å². The minimum Gasteiger partial charge on any atom is -0.335 e. The highest BCUT2D eigenvalue weighted by atomic mass is 15.0. The molecule has 2 nitrogen and oxygen atoms in total. The highest BCUT2D eigenvalue weighted by Gasteiger charge is 1.96. The van der Waals surface area contributed by atoms with Crippen LogP contribution in [0.4, 0.5) is 0 Å². The summed E-state index contributed by atoms with van der Waals surface area (Å²) in [5.41, 5.74) is 0. The van der Waals surface area contributed by atoms with Gasteiger partial charge in [-0.1, -0.05) is 6.92 Å². The fraction of sp³-hybridized carbons (Fsp3) is 0.429. The van der Waals surface area contributed by atoms with Gasteiger partial charge in [-0.2, -0.15) is 0 Å². The first-order valence-electron chi connectivity index (χ1n) is 3.11. The highest BCUT2D eigenvalue weighted by molar-refractivity contribution is 4.78. The normalized spacial score (nSPS) is 13.6. The fourth-order valence-electron chi connectivity index (χ4n) is 0.679. The molecule has 1 rings (SSSR count). The molecule has 1 aromatic rings. The van der Waals surface area contributed by atoms with Crippen molar-refractivity contribution in [3.8, 4) is 0 Å². The first kappa shape index (κ1) is 6.33. The van der Waals surface area contributed by atoms with Gasteiger partial charge in [0.25, 0.3) is 0 Å². The minimum atomic E-state index is 0.479. The summed E-state index contributed by atoms with van der Waals surface area (Å²) in [6.45, 7) is 5.91. The van der Waals surface area contributed by atoms with Crippen molar-refractivity contribution in [2.24, 2.45) is 0 Å². The van der Waals surface area contributed by atoms with Gasteiger partial charge in [0.05, 0.1) is 6.33 Å². The van der Waals surface area contributed by atoms with Crippen LogP contribution in [0.2, 0.25) is 0 Å². The lowest BCUT2D eigenvalue weighted by molar-refractivity contribution is 0.552. The van der Waals surface area contributed by atoms with Gasteiger partial charge in [-0.3, -0.25) is 0 Å². The topological polar surface area (TPSA) is 17.8 Å². The van der Waals surface area contributed by atoms with Crippen molar-refractivity contribution in [2.75, 3.05) is 0 Å². The minimum absolute atomic E-state index is 0.479. The number of aromatic nitrogens is 2. The van der Waals surface area contributed by atoms with E-state index in [1.807, 2.05) is 17.1 Å². The molecule has 0 spiro atoms. The molecule has 0 fully saturated rings. The molecule has 0 saturated heterocycles. The number of imidazole rings is 1. The van der Waals surface area contributed by atoms with E-state index >= 15 is 0 Å². The Balaban J connectivity index is 2.65. The molecule has 0 aliphatic heterocycles. The maximum Gasteiger partial charge on any atom is 0.0948 e.